The van der Waals surface area contributed by atoms with Gasteiger partial charge >= 0.3 is 5.76 Å². The van der Waals surface area contributed by atoms with Crippen LogP contribution < -0.4 is 5.76 Å². The van der Waals surface area contributed by atoms with Crippen LogP contribution in [0, 0.1) is 5.92 Å². The number of hydrogen-bond donors (Lipinski definition) is 0. The molecule has 2 aliphatic rings. The van der Waals surface area contributed by atoms with Crippen molar-refractivity contribution in [2.45, 2.75) is 18.9 Å². The van der Waals surface area contributed by atoms with Crippen LogP contribution in [0.5, 0.6) is 0 Å². The van der Waals surface area contributed by atoms with Crippen LogP contribution in [0.1, 0.15) is 17.2 Å². The lowest BCUT2D eigenvalue weighted by Crippen LogP contribution is -2.52. The molecule has 1 aliphatic carbocycles. The highest BCUT2D eigenvalue weighted by Crippen LogP contribution is 2.50. The van der Waals surface area contributed by atoms with E-state index in [0.717, 1.165) is 6.42 Å². The van der Waals surface area contributed by atoms with Crippen molar-refractivity contribution in [2.75, 3.05) is 26.2 Å². The first-order valence-corrected chi connectivity index (χ1v) is 10.7. The second kappa shape index (κ2) is 7.18. The number of nitrogens with zero attached hydrogens (tertiary/aromatic N) is 3. The maximum atomic E-state index is 12.8. The lowest BCUT2D eigenvalue weighted by atomic mass is 10.2. The molecule has 2 amide bonds. The number of thiophene rings is 1. The lowest BCUT2D eigenvalue weighted by Gasteiger charge is -2.35. The van der Waals surface area contributed by atoms with Crippen LogP contribution in [-0.4, -0.2) is 52.4 Å². The molecule has 0 bridgehead atoms. The van der Waals surface area contributed by atoms with Gasteiger partial charge in [0, 0.05) is 42.9 Å². The number of aromatic nitrogens is 1. The zero-order valence-corrected chi connectivity index (χ0v) is 16.6. The molecule has 1 saturated carbocycles. The second-order valence-corrected chi connectivity index (χ2v) is 8.57. The number of oxazole rings is 1. The van der Waals surface area contributed by atoms with Crippen molar-refractivity contribution < 1.29 is 14.0 Å². The number of fused-ring (bicyclic) bond motifs is 1. The van der Waals surface area contributed by atoms with E-state index in [-0.39, 0.29) is 24.3 Å². The third-order valence-electron chi connectivity index (χ3n) is 5.83. The van der Waals surface area contributed by atoms with Gasteiger partial charge < -0.3 is 14.2 Å². The van der Waals surface area contributed by atoms with Crippen LogP contribution in [0.15, 0.2) is 51.0 Å². The molecule has 3 aromatic rings. The standard InChI is InChI=1S/C21H21N3O4S/c25-19(13-24-16-4-1-2-5-17(16)28-21(24)27)22-7-9-23(10-8-22)20(26)15-12-14(15)18-6-3-11-29-18/h1-6,11,14-15H,7-10,12-13H2. The van der Waals surface area contributed by atoms with Gasteiger partial charge in [0.15, 0.2) is 5.58 Å². The zero-order valence-electron chi connectivity index (χ0n) is 15.8. The van der Waals surface area contributed by atoms with Gasteiger partial charge in [-0.05, 0) is 30.0 Å². The Morgan fingerprint density at radius 3 is 2.55 bits per heavy atom. The van der Waals surface area contributed by atoms with Gasteiger partial charge in [0.25, 0.3) is 0 Å². The van der Waals surface area contributed by atoms with E-state index < -0.39 is 5.76 Å². The smallest absolute Gasteiger partial charge is 0.408 e. The summed E-state index contributed by atoms with van der Waals surface area (Å²) in [5.74, 6) is -0.00178. The highest BCUT2D eigenvalue weighted by atomic mass is 32.1. The minimum absolute atomic E-state index is 0.0487. The van der Waals surface area contributed by atoms with Gasteiger partial charge in [0.2, 0.25) is 11.8 Å². The average molecular weight is 411 g/mol. The van der Waals surface area contributed by atoms with E-state index >= 15 is 0 Å². The Hall–Kier alpha value is -2.87. The first-order valence-electron chi connectivity index (χ1n) is 9.80. The Morgan fingerprint density at radius 1 is 1.03 bits per heavy atom. The van der Waals surface area contributed by atoms with E-state index in [2.05, 4.69) is 6.07 Å². The Kier molecular flexibility index (Phi) is 4.50. The molecule has 3 heterocycles. The van der Waals surface area contributed by atoms with Gasteiger partial charge in [-0.2, -0.15) is 0 Å². The fourth-order valence-electron chi connectivity index (χ4n) is 4.09. The lowest BCUT2D eigenvalue weighted by molar-refractivity contribution is -0.140. The summed E-state index contributed by atoms with van der Waals surface area (Å²) in [4.78, 5) is 42.4. The molecule has 1 aliphatic heterocycles. The van der Waals surface area contributed by atoms with Crippen molar-refractivity contribution >= 4 is 34.3 Å². The van der Waals surface area contributed by atoms with Crippen LogP contribution in [0.3, 0.4) is 0 Å². The topological polar surface area (TPSA) is 75.8 Å². The zero-order chi connectivity index (χ0) is 20.0. The number of carbonyl (C=O) groups excluding carboxylic acids is 2. The van der Waals surface area contributed by atoms with E-state index in [1.165, 1.54) is 9.44 Å². The summed E-state index contributed by atoms with van der Waals surface area (Å²) in [5, 5.41) is 2.05. The monoisotopic (exact) mass is 411 g/mol. The van der Waals surface area contributed by atoms with Crippen molar-refractivity contribution in [1.82, 2.24) is 14.4 Å². The fraction of sp³-hybridized carbons (Fsp3) is 0.381. The molecular formula is C21H21N3O4S. The molecule has 2 unspecified atom stereocenters. The summed E-state index contributed by atoms with van der Waals surface area (Å²) >= 11 is 1.71. The third kappa shape index (κ3) is 3.37. The number of hydrogen-bond acceptors (Lipinski definition) is 5. The molecule has 1 aromatic carbocycles. The van der Waals surface area contributed by atoms with Crippen molar-refractivity contribution in [3.63, 3.8) is 0 Å². The number of para-hydroxylation sites is 2. The number of piperazine rings is 1. The average Bonchev–Trinajstić information content (AvgIpc) is 3.22. The van der Waals surface area contributed by atoms with Crippen LogP contribution in [-0.2, 0) is 16.1 Å². The van der Waals surface area contributed by atoms with Gasteiger partial charge in [-0.3, -0.25) is 14.2 Å². The number of rotatable bonds is 4. The predicted molar refractivity (Wildman–Crippen MR) is 109 cm³/mol. The molecule has 2 aromatic heterocycles. The molecule has 2 fully saturated rings. The summed E-state index contributed by atoms with van der Waals surface area (Å²) in [7, 11) is 0. The summed E-state index contributed by atoms with van der Waals surface area (Å²) in [6.45, 7) is 2.02. The highest BCUT2D eigenvalue weighted by Gasteiger charge is 2.46. The Morgan fingerprint density at radius 2 is 1.79 bits per heavy atom. The predicted octanol–water partition coefficient (Wildman–Crippen LogP) is 2.13. The Labute approximate surface area is 171 Å². The molecule has 5 rings (SSSR count). The normalized spacial score (nSPS) is 21.5. The Balaban J connectivity index is 1.18. The Bertz CT molecular complexity index is 1110. The minimum Gasteiger partial charge on any atom is -0.408 e. The van der Waals surface area contributed by atoms with E-state index in [1.54, 1.807) is 34.4 Å². The number of benzene rings is 1. The maximum absolute atomic E-state index is 12.8. The molecule has 0 N–H and O–H groups in total. The van der Waals surface area contributed by atoms with Crippen LogP contribution in [0.25, 0.3) is 11.1 Å². The van der Waals surface area contributed by atoms with Gasteiger partial charge in [-0.15, -0.1) is 11.3 Å². The van der Waals surface area contributed by atoms with Crippen LogP contribution in [0.2, 0.25) is 0 Å². The van der Waals surface area contributed by atoms with Crippen molar-refractivity contribution in [2.24, 2.45) is 5.92 Å². The van der Waals surface area contributed by atoms with Gasteiger partial charge in [0.1, 0.15) is 6.54 Å². The maximum Gasteiger partial charge on any atom is 0.420 e. The first-order chi connectivity index (χ1) is 14.1. The molecular weight excluding hydrogens is 390 g/mol. The molecule has 8 heteroatoms. The summed E-state index contributed by atoms with van der Waals surface area (Å²) in [6, 6.07) is 11.2. The largest absolute Gasteiger partial charge is 0.420 e. The first kappa shape index (κ1) is 18.2. The molecule has 1 saturated heterocycles. The molecule has 29 heavy (non-hydrogen) atoms. The van der Waals surface area contributed by atoms with E-state index in [1.807, 2.05) is 22.4 Å². The molecule has 2 atom stereocenters. The fourth-order valence-corrected chi connectivity index (χ4v) is 5.00. The third-order valence-corrected chi connectivity index (χ3v) is 6.83. The summed E-state index contributed by atoms with van der Waals surface area (Å²) in [5.41, 5.74) is 1.10. The summed E-state index contributed by atoms with van der Waals surface area (Å²) in [6.07, 6.45) is 0.926. The summed E-state index contributed by atoms with van der Waals surface area (Å²) < 4.78 is 6.56. The van der Waals surface area contributed by atoms with Gasteiger partial charge in [-0.1, -0.05) is 18.2 Å². The van der Waals surface area contributed by atoms with E-state index in [9.17, 15) is 14.4 Å². The number of amides is 2. The van der Waals surface area contributed by atoms with Crippen LogP contribution in [0.4, 0.5) is 0 Å². The molecule has 0 radical (unpaired) electrons. The van der Waals surface area contributed by atoms with E-state index in [4.69, 9.17) is 4.42 Å². The second-order valence-electron chi connectivity index (χ2n) is 7.59. The van der Waals surface area contributed by atoms with Crippen molar-refractivity contribution in [1.29, 1.82) is 0 Å². The van der Waals surface area contributed by atoms with E-state index in [0.29, 0.717) is 43.2 Å². The van der Waals surface area contributed by atoms with Crippen LogP contribution >= 0.6 is 11.3 Å². The number of carbonyl (C=O) groups is 2. The quantitative estimate of drug-likeness (QED) is 0.659. The molecule has 150 valence electrons. The molecule has 7 nitrogen and oxygen atoms in total. The molecule has 0 spiro atoms. The SMILES string of the molecule is O=C(Cn1c(=O)oc2ccccc21)N1CCN(C(=O)C2CC2c2cccs2)CC1. The van der Waals surface area contributed by atoms with Crippen molar-refractivity contribution in [3.8, 4) is 0 Å². The van der Waals surface area contributed by atoms with Crippen molar-refractivity contribution in [3.05, 3.63) is 57.2 Å². The van der Waals surface area contributed by atoms with Gasteiger partial charge in [0.05, 0.1) is 5.52 Å². The highest BCUT2D eigenvalue weighted by molar-refractivity contribution is 7.10. The minimum atomic E-state index is -0.526. The van der Waals surface area contributed by atoms with Gasteiger partial charge in [-0.25, -0.2) is 4.79 Å².